The molecule has 0 saturated carbocycles. The number of amides is 2. The number of aliphatic hydroxyl groups is 1. The third-order valence-corrected chi connectivity index (χ3v) is 6.16. The molecular formula is C22H29ClN2O4S. The molecule has 0 aliphatic rings. The van der Waals surface area contributed by atoms with Crippen molar-refractivity contribution in [3.05, 3.63) is 58.1 Å². The van der Waals surface area contributed by atoms with Crippen molar-refractivity contribution in [2.75, 3.05) is 5.32 Å². The van der Waals surface area contributed by atoms with Crippen molar-refractivity contribution in [2.45, 2.75) is 63.9 Å². The number of benzene rings is 2. The maximum atomic E-state index is 12.7. The summed E-state index contributed by atoms with van der Waals surface area (Å²) in [7, 11) is -4.08. The second kappa shape index (κ2) is 9.81. The molecule has 0 spiro atoms. The Bertz CT molecular complexity index is 989. The van der Waals surface area contributed by atoms with Crippen molar-refractivity contribution in [2.24, 2.45) is 0 Å². The van der Waals surface area contributed by atoms with Gasteiger partial charge in [0.25, 0.3) is 10.0 Å². The molecule has 2 aromatic rings. The average molecular weight is 453 g/mol. The highest BCUT2D eigenvalue weighted by atomic mass is 35.5. The van der Waals surface area contributed by atoms with Crippen molar-refractivity contribution in [3.63, 3.8) is 0 Å². The van der Waals surface area contributed by atoms with Gasteiger partial charge < -0.3 is 10.4 Å². The lowest BCUT2D eigenvalue weighted by molar-refractivity contribution is 0.195. The molecule has 2 amide bonds. The van der Waals surface area contributed by atoms with Crippen molar-refractivity contribution < 1.29 is 18.3 Å². The predicted octanol–water partition coefficient (Wildman–Crippen LogP) is 5.02. The number of halogens is 1. The number of carbonyl (C=O) groups excluding carboxylic acids is 1. The molecule has 0 fully saturated rings. The van der Waals surface area contributed by atoms with Crippen LogP contribution in [0, 0.1) is 0 Å². The first kappa shape index (κ1) is 24.2. The van der Waals surface area contributed by atoms with E-state index in [4.69, 9.17) is 11.6 Å². The Hall–Kier alpha value is -2.09. The Balaban J connectivity index is 2.31. The summed E-state index contributed by atoms with van der Waals surface area (Å²) in [5.41, 5.74) is 2.89. The number of carbonyl (C=O) groups is 1. The van der Waals surface area contributed by atoms with Crippen LogP contribution in [0.3, 0.4) is 0 Å². The topological polar surface area (TPSA) is 95.5 Å². The van der Waals surface area contributed by atoms with Crippen molar-refractivity contribution in [3.8, 4) is 0 Å². The molecule has 0 radical (unpaired) electrons. The van der Waals surface area contributed by atoms with Gasteiger partial charge in [0.05, 0.1) is 11.0 Å². The van der Waals surface area contributed by atoms with Gasteiger partial charge in [0.2, 0.25) is 0 Å². The van der Waals surface area contributed by atoms with E-state index in [-0.39, 0.29) is 16.7 Å². The van der Waals surface area contributed by atoms with Gasteiger partial charge >= 0.3 is 6.03 Å². The number of aliphatic hydroxyl groups excluding tert-OH is 1. The molecule has 0 bridgehead atoms. The molecule has 8 heteroatoms. The first-order chi connectivity index (χ1) is 13.9. The first-order valence-corrected chi connectivity index (χ1v) is 11.7. The van der Waals surface area contributed by atoms with Crippen LogP contribution in [0.2, 0.25) is 5.02 Å². The van der Waals surface area contributed by atoms with Gasteiger partial charge in [-0.15, -0.1) is 0 Å². The molecule has 0 aliphatic carbocycles. The zero-order valence-electron chi connectivity index (χ0n) is 17.9. The monoisotopic (exact) mass is 452 g/mol. The van der Waals surface area contributed by atoms with E-state index < -0.39 is 22.2 Å². The van der Waals surface area contributed by atoms with E-state index in [1.807, 2.05) is 27.7 Å². The number of rotatable bonds is 7. The second-order valence-electron chi connectivity index (χ2n) is 8.03. The molecule has 6 nitrogen and oxygen atoms in total. The van der Waals surface area contributed by atoms with Crippen LogP contribution in [0.25, 0.3) is 0 Å². The summed E-state index contributed by atoms with van der Waals surface area (Å²) in [6.45, 7) is 9.52. The number of sulfonamides is 1. The van der Waals surface area contributed by atoms with Crippen LogP contribution in [0.4, 0.5) is 10.5 Å². The number of hydrogen-bond donors (Lipinski definition) is 3. The molecule has 1 atom stereocenters. The van der Waals surface area contributed by atoms with Gasteiger partial charge in [-0.2, -0.15) is 0 Å². The minimum atomic E-state index is -4.08. The zero-order chi connectivity index (χ0) is 22.6. The molecular weight excluding hydrogens is 424 g/mol. The van der Waals surface area contributed by atoms with Crippen LogP contribution in [0.1, 0.15) is 63.1 Å². The van der Waals surface area contributed by atoms with Crippen LogP contribution < -0.4 is 10.0 Å². The van der Waals surface area contributed by atoms with Gasteiger partial charge in [0.15, 0.2) is 0 Å². The summed E-state index contributed by atoms with van der Waals surface area (Å²) in [5, 5.41) is 12.8. The Morgan fingerprint density at radius 3 is 2.10 bits per heavy atom. The van der Waals surface area contributed by atoms with Crippen molar-refractivity contribution >= 4 is 33.3 Å². The first-order valence-electron chi connectivity index (χ1n) is 9.84. The van der Waals surface area contributed by atoms with Crippen molar-refractivity contribution in [1.82, 2.24) is 4.72 Å². The minimum Gasteiger partial charge on any atom is -0.393 e. The molecule has 0 aromatic heterocycles. The molecule has 164 valence electrons. The summed E-state index contributed by atoms with van der Waals surface area (Å²) in [4.78, 5) is 12.6. The van der Waals surface area contributed by atoms with E-state index in [1.54, 1.807) is 31.2 Å². The number of urea groups is 1. The van der Waals surface area contributed by atoms with Gasteiger partial charge in [-0.25, -0.2) is 17.9 Å². The standard InChI is InChI=1S/C22H29ClN2O4S/c1-13(2)19-11-17(23)12-20(14(3)4)21(19)24-22(27)25-30(28,29)18-8-6-7-16(10-18)9-15(5)26/h6-8,10-15,26H,9H2,1-5H3,(H2,24,25,27). The molecule has 0 heterocycles. The maximum absolute atomic E-state index is 12.7. The summed E-state index contributed by atoms with van der Waals surface area (Å²) in [5.74, 6) is 0.149. The van der Waals surface area contributed by atoms with Crippen LogP contribution >= 0.6 is 11.6 Å². The highest BCUT2D eigenvalue weighted by Crippen LogP contribution is 2.35. The van der Waals surface area contributed by atoms with E-state index in [0.717, 1.165) is 11.1 Å². The summed E-state index contributed by atoms with van der Waals surface area (Å²) in [6.07, 6.45) is -0.288. The number of hydrogen-bond acceptors (Lipinski definition) is 4. The van der Waals surface area contributed by atoms with Crippen LogP contribution in [0.5, 0.6) is 0 Å². The molecule has 3 N–H and O–H groups in total. The van der Waals surface area contributed by atoms with Crippen molar-refractivity contribution in [1.29, 1.82) is 0 Å². The summed E-state index contributed by atoms with van der Waals surface area (Å²) >= 11 is 6.24. The lowest BCUT2D eigenvalue weighted by atomic mass is 9.92. The highest BCUT2D eigenvalue weighted by Gasteiger charge is 2.22. The Labute approximate surface area is 183 Å². The number of nitrogens with one attached hydrogen (secondary N) is 2. The fraction of sp³-hybridized carbons (Fsp3) is 0.409. The normalized spacial score (nSPS) is 12.8. The average Bonchev–Trinajstić information content (AvgIpc) is 2.61. The molecule has 30 heavy (non-hydrogen) atoms. The Morgan fingerprint density at radius 1 is 1.03 bits per heavy atom. The SMILES string of the molecule is CC(O)Cc1cccc(S(=O)(=O)NC(=O)Nc2c(C(C)C)cc(Cl)cc2C(C)C)c1. The van der Waals surface area contributed by atoms with E-state index >= 15 is 0 Å². The van der Waals surface area contributed by atoms with E-state index in [0.29, 0.717) is 22.7 Å². The van der Waals surface area contributed by atoms with Gasteiger partial charge in [0, 0.05) is 10.7 Å². The lowest BCUT2D eigenvalue weighted by Crippen LogP contribution is -2.35. The summed E-state index contributed by atoms with van der Waals surface area (Å²) < 4.78 is 27.5. The molecule has 0 saturated heterocycles. The fourth-order valence-electron chi connectivity index (χ4n) is 3.21. The van der Waals surface area contributed by atoms with E-state index in [9.17, 15) is 18.3 Å². The minimum absolute atomic E-state index is 0.0416. The largest absolute Gasteiger partial charge is 0.393 e. The third kappa shape index (κ3) is 6.20. The van der Waals surface area contributed by atoms with Gasteiger partial charge in [-0.05, 0) is 66.1 Å². The molecule has 2 rings (SSSR count). The summed E-state index contributed by atoms with van der Waals surface area (Å²) in [6, 6.07) is 8.87. The second-order valence-corrected chi connectivity index (χ2v) is 10.1. The fourth-order valence-corrected chi connectivity index (χ4v) is 4.42. The quantitative estimate of drug-likeness (QED) is 0.549. The molecule has 1 unspecified atom stereocenters. The maximum Gasteiger partial charge on any atom is 0.333 e. The zero-order valence-corrected chi connectivity index (χ0v) is 19.4. The lowest BCUT2D eigenvalue weighted by Gasteiger charge is -2.21. The van der Waals surface area contributed by atoms with Gasteiger partial charge in [-0.1, -0.05) is 51.4 Å². The van der Waals surface area contributed by atoms with Gasteiger partial charge in [0.1, 0.15) is 0 Å². The highest BCUT2D eigenvalue weighted by molar-refractivity contribution is 7.90. The third-order valence-electron chi connectivity index (χ3n) is 4.61. The van der Waals surface area contributed by atoms with Gasteiger partial charge in [-0.3, -0.25) is 0 Å². The van der Waals surface area contributed by atoms with Crippen LogP contribution in [-0.2, 0) is 16.4 Å². The van der Waals surface area contributed by atoms with Crippen LogP contribution in [-0.4, -0.2) is 25.7 Å². The predicted molar refractivity (Wildman–Crippen MR) is 121 cm³/mol. The Kier molecular flexibility index (Phi) is 7.91. The smallest absolute Gasteiger partial charge is 0.333 e. The number of anilines is 1. The van der Waals surface area contributed by atoms with E-state index in [2.05, 4.69) is 10.0 Å². The Morgan fingerprint density at radius 2 is 1.60 bits per heavy atom. The molecule has 0 aliphatic heterocycles. The molecule has 2 aromatic carbocycles. The van der Waals surface area contributed by atoms with E-state index in [1.165, 1.54) is 12.1 Å². The van der Waals surface area contributed by atoms with Crippen LogP contribution in [0.15, 0.2) is 41.3 Å².